The van der Waals surface area contributed by atoms with Crippen LogP contribution in [0.1, 0.15) is 25.0 Å². The molecular weight excluding hydrogens is 221 g/mol. The highest BCUT2D eigenvalue weighted by Crippen LogP contribution is 2.10. The second kappa shape index (κ2) is 7.37. The molecule has 2 N–H and O–H groups in total. The van der Waals surface area contributed by atoms with Gasteiger partial charge in [-0.25, -0.2) is 4.39 Å². The molecule has 0 aliphatic rings. The van der Waals surface area contributed by atoms with Crippen molar-refractivity contribution in [2.75, 3.05) is 13.2 Å². The average Bonchev–Trinajstić information content (AvgIpc) is 2.27. The predicted molar refractivity (Wildman–Crippen MR) is 65.0 cm³/mol. The third-order valence-electron chi connectivity index (χ3n) is 2.20. The molecule has 4 heteroatoms. The summed E-state index contributed by atoms with van der Waals surface area (Å²) in [4.78, 5) is 0. The molecule has 0 fully saturated rings. The summed E-state index contributed by atoms with van der Waals surface area (Å²) >= 11 is 0. The third kappa shape index (κ3) is 5.77. The number of halogens is 1. The lowest BCUT2D eigenvalue weighted by Gasteiger charge is -2.09. The highest BCUT2D eigenvalue weighted by Gasteiger charge is 2.00. The van der Waals surface area contributed by atoms with Crippen molar-refractivity contribution in [3.8, 4) is 0 Å². The molecule has 1 aromatic rings. The summed E-state index contributed by atoms with van der Waals surface area (Å²) in [6, 6.07) is 4.75. The lowest BCUT2D eigenvalue weighted by molar-refractivity contribution is 0.0142. The summed E-state index contributed by atoms with van der Waals surface area (Å²) in [5.74, 6) is -0.273. The van der Waals surface area contributed by atoms with Crippen LogP contribution in [0.4, 0.5) is 4.39 Å². The molecule has 0 aliphatic carbocycles. The van der Waals surface area contributed by atoms with Crippen molar-refractivity contribution in [3.63, 3.8) is 0 Å². The molecule has 0 bridgehead atoms. The van der Waals surface area contributed by atoms with Gasteiger partial charge < -0.3 is 15.2 Å². The van der Waals surface area contributed by atoms with Crippen molar-refractivity contribution < 1.29 is 13.9 Å². The molecule has 0 saturated carbocycles. The number of rotatable bonds is 7. The minimum absolute atomic E-state index is 0.205. The monoisotopic (exact) mass is 241 g/mol. The number of ether oxygens (including phenoxy) is 2. The first kappa shape index (κ1) is 14.1. The van der Waals surface area contributed by atoms with E-state index in [1.807, 2.05) is 19.9 Å². The van der Waals surface area contributed by atoms with Gasteiger partial charge in [-0.2, -0.15) is 0 Å². The fourth-order valence-corrected chi connectivity index (χ4v) is 1.45. The van der Waals surface area contributed by atoms with Crippen LogP contribution in [0.25, 0.3) is 0 Å². The SMILES string of the molecule is CC(C)OCCOCc1cc(F)cc(CN)c1. The summed E-state index contributed by atoms with van der Waals surface area (Å²) in [6.45, 7) is 5.72. The van der Waals surface area contributed by atoms with E-state index < -0.39 is 0 Å². The molecule has 0 aromatic heterocycles. The summed E-state index contributed by atoms with van der Waals surface area (Å²) < 4.78 is 23.9. The molecule has 0 radical (unpaired) electrons. The summed E-state index contributed by atoms with van der Waals surface area (Å²) in [5.41, 5.74) is 7.05. The van der Waals surface area contributed by atoms with Gasteiger partial charge >= 0.3 is 0 Å². The molecule has 0 saturated heterocycles. The van der Waals surface area contributed by atoms with Crippen molar-refractivity contribution in [2.24, 2.45) is 5.73 Å². The Kier molecular flexibility index (Phi) is 6.11. The molecule has 0 aliphatic heterocycles. The molecule has 1 aromatic carbocycles. The van der Waals surface area contributed by atoms with Crippen molar-refractivity contribution >= 4 is 0 Å². The van der Waals surface area contributed by atoms with Gasteiger partial charge in [0.2, 0.25) is 0 Å². The lowest BCUT2D eigenvalue weighted by Crippen LogP contribution is -2.09. The molecule has 0 heterocycles. The predicted octanol–water partition coefficient (Wildman–Crippen LogP) is 2.23. The minimum Gasteiger partial charge on any atom is -0.376 e. The first-order chi connectivity index (χ1) is 8.11. The van der Waals surface area contributed by atoms with Gasteiger partial charge in [-0.3, -0.25) is 0 Å². The zero-order valence-corrected chi connectivity index (χ0v) is 10.4. The van der Waals surface area contributed by atoms with E-state index in [2.05, 4.69) is 0 Å². The van der Waals surface area contributed by atoms with Gasteiger partial charge in [0, 0.05) is 6.54 Å². The lowest BCUT2D eigenvalue weighted by atomic mass is 10.1. The number of nitrogens with two attached hydrogens (primary N) is 1. The Morgan fingerprint density at radius 2 is 1.88 bits per heavy atom. The maximum Gasteiger partial charge on any atom is 0.123 e. The van der Waals surface area contributed by atoms with E-state index in [4.69, 9.17) is 15.2 Å². The summed E-state index contributed by atoms with van der Waals surface area (Å²) in [6.07, 6.45) is 0.205. The van der Waals surface area contributed by atoms with E-state index in [9.17, 15) is 4.39 Å². The van der Waals surface area contributed by atoms with Gasteiger partial charge in [0.1, 0.15) is 5.82 Å². The Morgan fingerprint density at radius 1 is 1.18 bits per heavy atom. The molecule has 96 valence electrons. The van der Waals surface area contributed by atoms with Crippen molar-refractivity contribution in [1.29, 1.82) is 0 Å². The van der Waals surface area contributed by atoms with Gasteiger partial charge in [0.25, 0.3) is 0 Å². The topological polar surface area (TPSA) is 44.5 Å². The Balaban J connectivity index is 2.33. The minimum atomic E-state index is -0.273. The largest absolute Gasteiger partial charge is 0.376 e. The Bertz CT molecular complexity index is 342. The van der Waals surface area contributed by atoms with Gasteiger partial charge in [-0.1, -0.05) is 6.07 Å². The van der Waals surface area contributed by atoms with Crippen LogP contribution in [0, 0.1) is 5.82 Å². The summed E-state index contributed by atoms with van der Waals surface area (Å²) in [7, 11) is 0. The van der Waals surface area contributed by atoms with Crippen molar-refractivity contribution in [2.45, 2.75) is 33.1 Å². The van der Waals surface area contributed by atoms with E-state index in [1.54, 1.807) is 0 Å². The maximum atomic E-state index is 13.2. The van der Waals surface area contributed by atoms with Crippen LogP contribution in [0.5, 0.6) is 0 Å². The van der Waals surface area contributed by atoms with Crippen LogP contribution in [0.15, 0.2) is 18.2 Å². The van der Waals surface area contributed by atoms with E-state index in [1.165, 1.54) is 12.1 Å². The number of hydrogen-bond acceptors (Lipinski definition) is 3. The van der Waals surface area contributed by atoms with Gasteiger partial charge in [-0.15, -0.1) is 0 Å². The molecule has 0 amide bonds. The van der Waals surface area contributed by atoms with Crippen LogP contribution in [-0.4, -0.2) is 19.3 Å². The van der Waals surface area contributed by atoms with Crippen molar-refractivity contribution in [1.82, 2.24) is 0 Å². The third-order valence-corrected chi connectivity index (χ3v) is 2.20. The normalized spacial score (nSPS) is 11.1. The second-order valence-electron chi connectivity index (χ2n) is 4.14. The standard InChI is InChI=1S/C13H20FNO2/c1-10(2)17-4-3-16-9-12-5-11(8-15)6-13(14)7-12/h5-7,10H,3-4,8-9,15H2,1-2H3. The first-order valence-corrected chi connectivity index (χ1v) is 5.79. The van der Waals surface area contributed by atoms with E-state index in [-0.39, 0.29) is 11.9 Å². The number of benzene rings is 1. The van der Waals surface area contributed by atoms with Crippen LogP contribution >= 0.6 is 0 Å². The molecule has 0 spiro atoms. The van der Waals surface area contributed by atoms with Crippen LogP contribution < -0.4 is 5.73 Å². The molecule has 17 heavy (non-hydrogen) atoms. The Hall–Kier alpha value is -0.970. The fourth-order valence-electron chi connectivity index (χ4n) is 1.45. The highest BCUT2D eigenvalue weighted by molar-refractivity contribution is 5.24. The quantitative estimate of drug-likeness (QED) is 0.744. The zero-order valence-electron chi connectivity index (χ0n) is 10.4. The molecular formula is C13H20FNO2. The molecule has 0 unspecified atom stereocenters. The van der Waals surface area contributed by atoms with Gasteiger partial charge in [-0.05, 0) is 37.1 Å². The molecule has 0 atom stereocenters. The van der Waals surface area contributed by atoms with E-state index >= 15 is 0 Å². The van der Waals surface area contributed by atoms with Crippen LogP contribution in [-0.2, 0) is 22.6 Å². The zero-order chi connectivity index (χ0) is 12.7. The number of hydrogen-bond donors (Lipinski definition) is 1. The van der Waals surface area contributed by atoms with Gasteiger partial charge in [0.15, 0.2) is 0 Å². The molecule has 3 nitrogen and oxygen atoms in total. The second-order valence-corrected chi connectivity index (χ2v) is 4.14. The maximum absolute atomic E-state index is 13.2. The van der Waals surface area contributed by atoms with E-state index in [0.717, 1.165) is 11.1 Å². The molecule has 1 rings (SSSR count). The van der Waals surface area contributed by atoms with Crippen LogP contribution in [0.3, 0.4) is 0 Å². The van der Waals surface area contributed by atoms with Crippen molar-refractivity contribution in [3.05, 3.63) is 35.1 Å². The van der Waals surface area contributed by atoms with Crippen LogP contribution in [0.2, 0.25) is 0 Å². The summed E-state index contributed by atoms with van der Waals surface area (Å²) in [5, 5.41) is 0. The average molecular weight is 241 g/mol. The highest BCUT2D eigenvalue weighted by atomic mass is 19.1. The van der Waals surface area contributed by atoms with Gasteiger partial charge in [0.05, 0.1) is 25.9 Å². The Morgan fingerprint density at radius 3 is 2.53 bits per heavy atom. The smallest absolute Gasteiger partial charge is 0.123 e. The Labute approximate surface area is 102 Å². The van der Waals surface area contributed by atoms with E-state index in [0.29, 0.717) is 26.4 Å². The fraction of sp³-hybridized carbons (Fsp3) is 0.538. The first-order valence-electron chi connectivity index (χ1n) is 5.79.